The van der Waals surface area contributed by atoms with Gasteiger partial charge in [0.05, 0.1) is 11.2 Å². The second kappa shape index (κ2) is 5.62. The van der Waals surface area contributed by atoms with E-state index in [1.54, 1.807) is 0 Å². The van der Waals surface area contributed by atoms with Gasteiger partial charge in [0.2, 0.25) is 0 Å². The summed E-state index contributed by atoms with van der Waals surface area (Å²) in [5.41, 5.74) is 0.444. The fraction of sp³-hybridized carbons (Fsp3) is 0.500. The molecule has 1 heterocycles. The van der Waals surface area contributed by atoms with Gasteiger partial charge in [0.1, 0.15) is 12.4 Å². The highest BCUT2D eigenvalue weighted by molar-refractivity contribution is 6.54. The van der Waals surface area contributed by atoms with Crippen molar-refractivity contribution >= 4 is 7.12 Å². The van der Waals surface area contributed by atoms with E-state index in [2.05, 4.69) is 27.7 Å². The summed E-state index contributed by atoms with van der Waals surface area (Å²) < 4.78 is 17.6. The van der Waals surface area contributed by atoms with Crippen LogP contribution in [0.25, 0.3) is 0 Å². The van der Waals surface area contributed by atoms with Crippen molar-refractivity contribution in [3.05, 3.63) is 41.9 Å². The zero-order valence-corrected chi connectivity index (χ0v) is 13.0. The maximum absolute atomic E-state index is 5.98. The number of hydrogen-bond donors (Lipinski definition) is 0. The summed E-state index contributed by atoms with van der Waals surface area (Å²) in [7, 11) is -0.292. The summed E-state index contributed by atoms with van der Waals surface area (Å²) in [6.45, 7) is 10.7. The quantitative estimate of drug-likeness (QED) is 0.784. The molecule has 1 saturated heterocycles. The third-order valence-corrected chi connectivity index (χ3v) is 4.02. The molecule has 4 heteroatoms. The molecular weight excluding hydrogens is 251 g/mol. The van der Waals surface area contributed by atoms with Gasteiger partial charge in [-0.3, -0.25) is 0 Å². The van der Waals surface area contributed by atoms with Gasteiger partial charge in [-0.05, 0) is 52.2 Å². The molecule has 0 amide bonds. The van der Waals surface area contributed by atoms with Crippen LogP contribution in [0.5, 0.6) is 5.75 Å². The van der Waals surface area contributed by atoms with E-state index in [1.165, 1.54) is 0 Å². The molecule has 0 bridgehead atoms. The van der Waals surface area contributed by atoms with E-state index in [1.807, 2.05) is 43.3 Å². The van der Waals surface area contributed by atoms with Crippen molar-refractivity contribution in [1.82, 2.24) is 0 Å². The molecule has 0 saturated carbocycles. The third kappa shape index (κ3) is 3.25. The van der Waals surface area contributed by atoms with Gasteiger partial charge in [0.15, 0.2) is 0 Å². The first-order chi connectivity index (χ1) is 9.32. The maximum Gasteiger partial charge on any atom is 0.490 e. The Balaban J connectivity index is 1.92. The molecule has 0 atom stereocenters. The van der Waals surface area contributed by atoms with E-state index in [0.29, 0.717) is 6.61 Å². The van der Waals surface area contributed by atoms with Crippen LogP contribution in [0.15, 0.2) is 41.9 Å². The molecule has 0 aliphatic carbocycles. The van der Waals surface area contributed by atoms with Gasteiger partial charge < -0.3 is 14.0 Å². The standard InChI is InChI=1S/C16H23BO3/c1-13(11-12-18-14-9-7-6-8-10-14)17-19-15(2,3)16(4,5)20-17/h6-11H,12H2,1-5H3/b13-11+. The predicted molar refractivity (Wildman–Crippen MR) is 81.8 cm³/mol. The predicted octanol–water partition coefficient (Wildman–Crippen LogP) is 3.64. The fourth-order valence-electron chi connectivity index (χ4n) is 1.91. The van der Waals surface area contributed by atoms with Crippen LogP contribution in [0.3, 0.4) is 0 Å². The van der Waals surface area contributed by atoms with E-state index < -0.39 is 0 Å². The van der Waals surface area contributed by atoms with Crippen LogP contribution in [-0.4, -0.2) is 24.9 Å². The maximum atomic E-state index is 5.98. The van der Waals surface area contributed by atoms with Crippen molar-refractivity contribution in [2.75, 3.05) is 6.61 Å². The average molecular weight is 274 g/mol. The lowest BCUT2D eigenvalue weighted by atomic mass is 9.79. The largest absolute Gasteiger partial charge is 0.490 e. The van der Waals surface area contributed by atoms with Crippen molar-refractivity contribution < 1.29 is 14.0 Å². The number of hydrogen-bond acceptors (Lipinski definition) is 3. The molecule has 1 fully saturated rings. The van der Waals surface area contributed by atoms with Gasteiger partial charge in [0.25, 0.3) is 0 Å². The Morgan fingerprint density at radius 2 is 1.65 bits per heavy atom. The first kappa shape index (κ1) is 15.1. The summed E-state index contributed by atoms with van der Waals surface area (Å²) in [5.74, 6) is 0.866. The van der Waals surface area contributed by atoms with E-state index in [0.717, 1.165) is 11.2 Å². The van der Waals surface area contributed by atoms with Crippen LogP contribution in [0.1, 0.15) is 34.6 Å². The molecular formula is C16H23BO3. The number of ether oxygens (including phenoxy) is 1. The smallest absolute Gasteiger partial charge is 0.490 e. The van der Waals surface area contributed by atoms with Crippen LogP contribution >= 0.6 is 0 Å². The molecule has 3 nitrogen and oxygen atoms in total. The highest BCUT2D eigenvalue weighted by Gasteiger charge is 2.51. The average Bonchev–Trinajstić information content (AvgIpc) is 2.60. The molecule has 1 aliphatic heterocycles. The molecule has 0 unspecified atom stereocenters. The third-order valence-electron chi connectivity index (χ3n) is 4.02. The Morgan fingerprint density at radius 1 is 1.10 bits per heavy atom. The molecule has 0 aromatic heterocycles. The lowest BCUT2D eigenvalue weighted by Gasteiger charge is -2.32. The van der Waals surface area contributed by atoms with Crippen molar-refractivity contribution in [2.45, 2.75) is 45.8 Å². The van der Waals surface area contributed by atoms with Gasteiger partial charge in [0, 0.05) is 0 Å². The van der Waals surface area contributed by atoms with Gasteiger partial charge in [-0.15, -0.1) is 0 Å². The van der Waals surface area contributed by atoms with Crippen LogP contribution in [0.2, 0.25) is 0 Å². The van der Waals surface area contributed by atoms with Gasteiger partial charge >= 0.3 is 7.12 Å². The van der Waals surface area contributed by atoms with E-state index >= 15 is 0 Å². The molecule has 20 heavy (non-hydrogen) atoms. The van der Waals surface area contributed by atoms with E-state index in [4.69, 9.17) is 14.0 Å². The highest BCUT2D eigenvalue weighted by atomic mass is 16.7. The summed E-state index contributed by atoms with van der Waals surface area (Å²) in [4.78, 5) is 0. The van der Waals surface area contributed by atoms with Crippen molar-refractivity contribution in [1.29, 1.82) is 0 Å². The molecule has 1 aromatic rings. The number of benzene rings is 1. The minimum atomic E-state index is -0.299. The molecule has 0 N–H and O–H groups in total. The normalized spacial score (nSPS) is 21.1. The molecule has 1 aliphatic rings. The molecule has 1 aromatic carbocycles. The Morgan fingerprint density at radius 3 is 2.20 bits per heavy atom. The minimum Gasteiger partial charge on any atom is -0.490 e. The van der Waals surface area contributed by atoms with Gasteiger partial charge in [-0.1, -0.05) is 24.3 Å². The Bertz CT molecular complexity index is 464. The second-order valence-electron chi connectivity index (χ2n) is 6.16. The highest BCUT2D eigenvalue weighted by Crippen LogP contribution is 2.38. The Labute approximate surface area is 122 Å². The minimum absolute atomic E-state index is 0.292. The summed E-state index contributed by atoms with van der Waals surface area (Å²) in [6, 6.07) is 9.77. The van der Waals surface area contributed by atoms with Crippen LogP contribution in [0, 0.1) is 0 Å². The monoisotopic (exact) mass is 274 g/mol. The number of rotatable bonds is 4. The van der Waals surface area contributed by atoms with Gasteiger partial charge in [-0.25, -0.2) is 0 Å². The van der Waals surface area contributed by atoms with Crippen LogP contribution in [-0.2, 0) is 9.31 Å². The number of allylic oxidation sites excluding steroid dienone is 1. The van der Waals surface area contributed by atoms with Crippen molar-refractivity contribution in [2.24, 2.45) is 0 Å². The molecule has 0 radical (unpaired) electrons. The Kier molecular flexibility index (Phi) is 4.26. The van der Waals surface area contributed by atoms with E-state index in [9.17, 15) is 0 Å². The summed E-state index contributed by atoms with van der Waals surface area (Å²) in [5, 5.41) is 0. The topological polar surface area (TPSA) is 27.7 Å². The van der Waals surface area contributed by atoms with Crippen molar-refractivity contribution in [3.8, 4) is 5.75 Å². The van der Waals surface area contributed by atoms with E-state index in [-0.39, 0.29) is 18.3 Å². The van der Waals surface area contributed by atoms with Crippen LogP contribution < -0.4 is 4.74 Å². The first-order valence-corrected chi connectivity index (χ1v) is 7.02. The lowest BCUT2D eigenvalue weighted by Crippen LogP contribution is -2.41. The zero-order chi connectivity index (χ0) is 14.8. The summed E-state index contributed by atoms with van der Waals surface area (Å²) in [6.07, 6.45) is 2.01. The lowest BCUT2D eigenvalue weighted by molar-refractivity contribution is 0.00578. The van der Waals surface area contributed by atoms with Crippen molar-refractivity contribution in [3.63, 3.8) is 0 Å². The van der Waals surface area contributed by atoms with Gasteiger partial charge in [-0.2, -0.15) is 0 Å². The first-order valence-electron chi connectivity index (χ1n) is 7.02. The fourth-order valence-corrected chi connectivity index (χ4v) is 1.91. The molecule has 2 rings (SSSR count). The molecule has 108 valence electrons. The Hall–Kier alpha value is -1.26. The SMILES string of the molecule is C/C(=C\COc1ccccc1)B1OC(C)(C)C(C)(C)O1. The second-order valence-corrected chi connectivity index (χ2v) is 6.16. The molecule has 0 spiro atoms. The number of para-hydroxylation sites is 1. The van der Waals surface area contributed by atoms with Crippen LogP contribution in [0.4, 0.5) is 0 Å². The summed E-state index contributed by atoms with van der Waals surface area (Å²) >= 11 is 0. The zero-order valence-electron chi connectivity index (χ0n) is 13.0.